The van der Waals surface area contributed by atoms with E-state index in [4.69, 9.17) is 14.7 Å². The molecule has 0 N–H and O–H groups in total. The molecule has 0 spiro atoms. The molecule has 10 nitrogen and oxygen atoms in total. The Hall–Kier alpha value is -4.75. The molecular formula is C34H37N7O3. The second-order valence-electron chi connectivity index (χ2n) is 11.7. The fourth-order valence-electron chi connectivity index (χ4n) is 6.61. The van der Waals surface area contributed by atoms with Gasteiger partial charge < -0.3 is 24.3 Å². The maximum Gasteiger partial charge on any atom is 0.318 e. The minimum Gasteiger partial charge on any atom is -0.462 e. The van der Waals surface area contributed by atoms with Crippen molar-refractivity contribution in [3.8, 4) is 12.1 Å². The molecule has 226 valence electrons. The minimum atomic E-state index is -0.313. The van der Waals surface area contributed by atoms with E-state index in [1.807, 2.05) is 42.5 Å². The summed E-state index contributed by atoms with van der Waals surface area (Å²) in [4.78, 5) is 44.2. The Morgan fingerprint density at radius 3 is 2.75 bits per heavy atom. The van der Waals surface area contributed by atoms with Crippen LogP contribution in [0.15, 0.2) is 55.7 Å². The lowest BCUT2D eigenvalue weighted by atomic mass is 9.95. The number of rotatable bonds is 7. The molecule has 2 saturated heterocycles. The standard InChI is InChI=1S/C34H37N7O3/c1-4-30(42)41-18-17-39(19-25(41)14-15-35)32-28-20-40(21-29(28)36-34(37-32)44-22-26-12-8-16-38(26)3)33(43)27-13-7-11-24-10-6-5-9-23(2)31(24)27/h4-7,9-11,13,25-26H,1-2,8,12,14,16-22H2,3H3/t25-,26-/m0/s1. The van der Waals surface area contributed by atoms with Gasteiger partial charge in [-0.1, -0.05) is 49.6 Å². The molecule has 0 bridgehead atoms. The lowest BCUT2D eigenvalue weighted by Gasteiger charge is -2.41. The number of piperazine rings is 1. The van der Waals surface area contributed by atoms with Crippen molar-refractivity contribution in [2.24, 2.45) is 0 Å². The lowest BCUT2D eigenvalue weighted by molar-refractivity contribution is -0.128. The number of amides is 2. The number of anilines is 1. The molecule has 1 aromatic heterocycles. The Labute approximate surface area is 258 Å². The summed E-state index contributed by atoms with van der Waals surface area (Å²) in [7, 11) is 2.10. The number of nitrogens with zero attached hydrogens (tertiary/aromatic N) is 7. The Balaban J connectivity index is 1.32. The van der Waals surface area contributed by atoms with Crippen molar-refractivity contribution in [3.63, 3.8) is 0 Å². The zero-order valence-corrected chi connectivity index (χ0v) is 25.1. The second kappa shape index (κ2) is 12.5. The summed E-state index contributed by atoms with van der Waals surface area (Å²) in [5, 5.41) is 9.53. The molecule has 3 aliphatic heterocycles. The summed E-state index contributed by atoms with van der Waals surface area (Å²) in [6.45, 7) is 11.4. The first-order valence-corrected chi connectivity index (χ1v) is 15.1. The first-order valence-electron chi connectivity index (χ1n) is 15.1. The van der Waals surface area contributed by atoms with E-state index in [2.05, 4.69) is 36.1 Å². The molecule has 0 radical (unpaired) electrons. The summed E-state index contributed by atoms with van der Waals surface area (Å²) in [6, 6.07) is 8.23. The van der Waals surface area contributed by atoms with Gasteiger partial charge in [0.2, 0.25) is 5.91 Å². The van der Waals surface area contributed by atoms with E-state index in [0.717, 1.165) is 47.3 Å². The van der Waals surface area contributed by atoms with Gasteiger partial charge in [-0.05, 0) is 49.7 Å². The summed E-state index contributed by atoms with van der Waals surface area (Å²) in [5.74, 6) is 0.401. The van der Waals surface area contributed by atoms with Gasteiger partial charge in [0.1, 0.15) is 12.4 Å². The van der Waals surface area contributed by atoms with Crippen LogP contribution in [0, 0.1) is 11.3 Å². The van der Waals surface area contributed by atoms with Gasteiger partial charge in [0.05, 0.1) is 37.3 Å². The molecule has 10 heteroatoms. The van der Waals surface area contributed by atoms with Crippen LogP contribution >= 0.6 is 0 Å². The van der Waals surface area contributed by atoms with Crippen LogP contribution in [-0.2, 0) is 17.9 Å². The fraction of sp³-hybridized carbons (Fsp3) is 0.382. The number of allylic oxidation sites excluding steroid dienone is 4. The second-order valence-corrected chi connectivity index (χ2v) is 11.7. The smallest absolute Gasteiger partial charge is 0.318 e. The maximum absolute atomic E-state index is 14.1. The zero-order chi connectivity index (χ0) is 30.8. The molecule has 0 saturated carbocycles. The molecule has 4 heterocycles. The van der Waals surface area contributed by atoms with Crippen LogP contribution in [0.1, 0.15) is 52.0 Å². The molecule has 6 rings (SSSR count). The van der Waals surface area contributed by atoms with E-state index < -0.39 is 0 Å². The van der Waals surface area contributed by atoms with E-state index in [1.54, 1.807) is 9.80 Å². The summed E-state index contributed by atoms with van der Waals surface area (Å²) in [5.41, 5.74) is 4.78. The highest BCUT2D eigenvalue weighted by Gasteiger charge is 2.36. The van der Waals surface area contributed by atoms with Gasteiger partial charge >= 0.3 is 6.01 Å². The van der Waals surface area contributed by atoms with E-state index in [1.165, 1.54) is 6.08 Å². The molecule has 1 aromatic carbocycles. The van der Waals surface area contributed by atoms with Crippen molar-refractivity contribution >= 4 is 29.3 Å². The average molecular weight is 592 g/mol. The molecule has 1 aliphatic carbocycles. The van der Waals surface area contributed by atoms with Crippen molar-refractivity contribution in [1.82, 2.24) is 24.7 Å². The number of fused-ring (bicyclic) bond motifs is 2. The number of carbonyl (C=O) groups is 2. The number of benzene rings is 1. The molecule has 2 fully saturated rings. The molecule has 0 unspecified atom stereocenters. The van der Waals surface area contributed by atoms with Gasteiger partial charge in [0, 0.05) is 42.4 Å². The third kappa shape index (κ3) is 5.63. The Morgan fingerprint density at radius 2 is 1.98 bits per heavy atom. The first kappa shape index (κ1) is 29.3. The number of ether oxygens (including phenoxy) is 1. The Bertz CT molecular complexity index is 1610. The Kier molecular flexibility index (Phi) is 8.31. The van der Waals surface area contributed by atoms with Crippen LogP contribution in [0.3, 0.4) is 0 Å². The quantitative estimate of drug-likeness (QED) is 0.448. The zero-order valence-electron chi connectivity index (χ0n) is 25.1. The summed E-state index contributed by atoms with van der Waals surface area (Å²) in [6.07, 6.45) is 11.5. The molecule has 4 aliphatic rings. The van der Waals surface area contributed by atoms with E-state index in [-0.39, 0.29) is 30.3 Å². The van der Waals surface area contributed by atoms with Crippen molar-refractivity contribution in [2.45, 2.75) is 44.4 Å². The molecule has 2 aromatic rings. The minimum absolute atomic E-state index is 0.102. The number of nitriles is 1. The predicted octanol–water partition coefficient (Wildman–Crippen LogP) is 3.82. The fourth-order valence-corrected chi connectivity index (χ4v) is 6.61. The third-order valence-electron chi connectivity index (χ3n) is 9.00. The number of likely N-dealkylation sites (N-methyl/N-ethyl adjacent to an activating group) is 1. The monoisotopic (exact) mass is 591 g/mol. The van der Waals surface area contributed by atoms with Crippen LogP contribution < -0.4 is 9.64 Å². The van der Waals surface area contributed by atoms with E-state index in [9.17, 15) is 14.9 Å². The maximum atomic E-state index is 14.1. The van der Waals surface area contributed by atoms with Gasteiger partial charge in [-0.3, -0.25) is 9.59 Å². The number of hydrogen-bond donors (Lipinski definition) is 0. The molecule has 2 amide bonds. The van der Waals surface area contributed by atoms with Gasteiger partial charge in [-0.25, -0.2) is 0 Å². The molecule has 44 heavy (non-hydrogen) atoms. The number of carbonyl (C=O) groups excluding carboxylic acids is 2. The largest absolute Gasteiger partial charge is 0.462 e. The normalized spacial score (nSPS) is 21.1. The Morgan fingerprint density at radius 1 is 1.14 bits per heavy atom. The predicted molar refractivity (Wildman–Crippen MR) is 169 cm³/mol. The first-order chi connectivity index (χ1) is 21.4. The van der Waals surface area contributed by atoms with Gasteiger partial charge in [-0.15, -0.1) is 0 Å². The third-order valence-corrected chi connectivity index (χ3v) is 9.00. The van der Waals surface area contributed by atoms with Gasteiger partial charge in [-0.2, -0.15) is 15.2 Å². The van der Waals surface area contributed by atoms with Crippen molar-refractivity contribution in [1.29, 1.82) is 5.26 Å². The molecule has 2 atom stereocenters. The van der Waals surface area contributed by atoms with Crippen molar-refractivity contribution in [3.05, 3.63) is 83.6 Å². The lowest BCUT2D eigenvalue weighted by Crippen LogP contribution is -2.55. The van der Waals surface area contributed by atoms with E-state index >= 15 is 0 Å². The highest BCUT2D eigenvalue weighted by atomic mass is 16.5. The van der Waals surface area contributed by atoms with Crippen molar-refractivity contribution < 1.29 is 14.3 Å². The summed E-state index contributed by atoms with van der Waals surface area (Å²) >= 11 is 0. The number of likely N-dealkylation sites (tertiary alicyclic amines) is 1. The average Bonchev–Trinajstić information content (AvgIpc) is 3.61. The number of aromatic nitrogens is 2. The van der Waals surface area contributed by atoms with Crippen LogP contribution in [0.5, 0.6) is 6.01 Å². The van der Waals surface area contributed by atoms with Crippen LogP contribution in [0.2, 0.25) is 0 Å². The SMILES string of the molecule is C=CC(=O)N1CCN(c2nc(OC[C@@H]3CCCN3C)nc3c2CN(C(=O)c2cccc4c2C(=C)C=CC=C4)C3)C[C@@H]1CC#N. The highest BCUT2D eigenvalue weighted by Crippen LogP contribution is 2.35. The highest BCUT2D eigenvalue weighted by molar-refractivity contribution is 6.02. The number of hydrogen-bond acceptors (Lipinski definition) is 8. The van der Waals surface area contributed by atoms with Crippen LogP contribution in [0.4, 0.5) is 5.82 Å². The van der Waals surface area contributed by atoms with Crippen LogP contribution in [0.25, 0.3) is 11.6 Å². The van der Waals surface area contributed by atoms with Gasteiger partial charge in [0.15, 0.2) is 0 Å². The van der Waals surface area contributed by atoms with Gasteiger partial charge in [0.25, 0.3) is 5.91 Å². The topological polar surface area (TPSA) is 106 Å². The van der Waals surface area contributed by atoms with Crippen molar-refractivity contribution in [2.75, 3.05) is 44.7 Å². The van der Waals surface area contributed by atoms with E-state index in [0.29, 0.717) is 56.8 Å². The summed E-state index contributed by atoms with van der Waals surface area (Å²) < 4.78 is 6.20. The van der Waals surface area contributed by atoms with Crippen LogP contribution in [-0.4, -0.2) is 88.4 Å². The molecular weight excluding hydrogens is 554 g/mol.